The lowest BCUT2D eigenvalue weighted by Gasteiger charge is -2.12. The van der Waals surface area contributed by atoms with Crippen LogP contribution in [0.3, 0.4) is 0 Å². The Bertz CT molecular complexity index is 725. The van der Waals surface area contributed by atoms with E-state index in [1.54, 1.807) is 12.1 Å². The summed E-state index contributed by atoms with van der Waals surface area (Å²) in [6, 6.07) is 8.04. The minimum absolute atomic E-state index is 0.0133. The van der Waals surface area contributed by atoms with Gasteiger partial charge >= 0.3 is 0 Å². The zero-order chi connectivity index (χ0) is 14.9. The Kier molecular flexibility index (Phi) is 4.88. The van der Waals surface area contributed by atoms with Crippen LogP contribution in [0.15, 0.2) is 54.7 Å². The lowest BCUT2D eigenvalue weighted by molar-refractivity contribution is 0.599. The van der Waals surface area contributed by atoms with Crippen molar-refractivity contribution in [3.05, 3.63) is 55.6 Å². The maximum absolute atomic E-state index is 12.8. The molecule has 0 aliphatic heterocycles. The van der Waals surface area contributed by atoms with Gasteiger partial charge in [0.2, 0.25) is 0 Å². The highest BCUT2D eigenvalue weighted by Crippen LogP contribution is 2.35. The summed E-state index contributed by atoms with van der Waals surface area (Å²) in [6.07, 6.45) is 0. The quantitative estimate of drug-likeness (QED) is 0.668. The van der Waals surface area contributed by atoms with Gasteiger partial charge in [0.1, 0.15) is 5.82 Å². The van der Waals surface area contributed by atoms with Gasteiger partial charge in [0, 0.05) is 13.4 Å². The van der Waals surface area contributed by atoms with E-state index in [2.05, 4.69) is 52.5 Å². The van der Waals surface area contributed by atoms with Crippen LogP contribution in [-0.2, 0) is 10.0 Å². The van der Waals surface area contributed by atoms with Crippen molar-refractivity contribution in [2.45, 2.75) is 4.90 Å². The van der Waals surface area contributed by atoms with Crippen LogP contribution in [0.5, 0.6) is 0 Å². The van der Waals surface area contributed by atoms with Gasteiger partial charge in [-0.25, -0.2) is 12.8 Å². The van der Waals surface area contributed by atoms with Gasteiger partial charge in [0.15, 0.2) is 0 Å². The second-order valence-corrected chi connectivity index (χ2v) is 8.11. The van der Waals surface area contributed by atoms with Crippen molar-refractivity contribution >= 4 is 63.5 Å². The van der Waals surface area contributed by atoms with E-state index in [1.807, 2.05) is 0 Å². The van der Waals surface area contributed by atoms with Gasteiger partial charge in [-0.05, 0) is 68.3 Å². The predicted molar refractivity (Wildman–Crippen MR) is 86.8 cm³/mol. The van der Waals surface area contributed by atoms with E-state index in [1.165, 1.54) is 12.1 Å². The van der Waals surface area contributed by atoms with Crippen molar-refractivity contribution < 1.29 is 12.8 Å². The number of sulfonamides is 1. The first-order valence-corrected chi connectivity index (χ1v) is 9.09. The van der Waals surface area contributed by atoms with E-state index in [-0.39, 0.29) is 4.90 Å². The van der Waals surface area contributed by atoms with Crippen LogP contribution < -0.4 is 4.72 Å². The molecule has 8 heteroatoms. The predicted octanol–water partition coefficient (Wildman–Crippen LogP) is 4.91. The van der Waals surface area contributed by atoms with Gasteiger partial charge in [0.25, 0.3) is 10.0 Å². The summed E-state index contributed by atoms with van der Waals surface area (Å²) in [6.45, 7) is 0. The van der Waals surface area contributed by atoms with E-state index >= 15 is 0 Å². The van der Waals surface area contributed by atoms with Crippen molar-refractivity contribution in [1.29, 1.82) is 0 Å². The third kappa shape index (κ3) is 3.60. The summed E-state index contributed by atoms with van der Waals surface area (Å²) < 4.78 is 41.7. The van der Waals surface area contributed by atoms with E-state index < -0.39 is 15.8 Å². The highest BCUT2D eigenvalue weighted by atomic mass is 79.9. The summed E-state index contributed by atoms with van der Waals surface area (Å²) >= 11 is 9.88. The van der Waals surface area contributed by atoms with Crippen molar-refractivity contribution in [3.63, 3.8) is 0 Å². The van der Waals surface area contributed by atoms with Crippen molar-refractivity contribution in [2.24, 2.45) is 0 Å². The minimum Gasteiger partial charge on any atom is -0.277 e. The molecule has 0 amide bonds. The minimum atomic E-state index is -3.78. The first kappa shape index (κ1) is 15.9. The molecule has 2 aromatic rings. The lowest BCUT2D eigenvalue weighted by atomic mass is 10.3. The zero-order valence-electron chi connectivity index (χ0n) is 9.70. The molecule has 0 bridgehead atoms. The van der Waals surface area contributed by atoms with E-state index in [0.717, 1.165) is 16.6 Å². The molecule has 0 aliphatic carbocycles. The average Bonchev–Trinajstić information content (AvgIpc) is 2.34. The molecule has 0 spiro atoms. The summed E-state index contributed by atoms with van der Waals surface area (Å²) in [5.74, 6) is -0.491. The third-order valence-electron chi connectivity index (χ3n) is 2.37. The van der Waals surface area contributed by atoms with Crippen LogP contribution in [0.25, 0.3) is 0 Å². The van der Waals surface area contributed by atoms with Gasteiger partial charge in [-0.15, -0.1) is 0 Å². The monoisotopic (exact) mass is 485 g/mol. The normalized spacial score (nSPS) is 11.4. The molecule has 2 rings (SSSR count). The molecule has 0 saturated heterocycles. The van der Waals surface area contributed by atoms with Crippen LogP contribution in [0.2, 0.25) is 0 Å². The number of hydrogen-bond donors (Lipinski definition) is 1. The summed E-state index contributed by atoms with van der Waals surface area (Å²) in [5.41, 5.74) is 0.373. The van der Waals surface area contributed by atoms with Gasteiger partial charge in [-0.3, -0.25) is 4.72 Å². The van der Waals surface area contributed by atoms with Crippen LogP contribution in [0.4, 0.5) is 10.1 Å². The van der Waals surface area contributed by atoms with E-state index in [9.17, 15) is 12.8 Å². The molecule has 0 unspecified atom stereocenters. The van der Waals surface area contributed by atoms with Gasteiger partial charge in [-0.1, -0.05) is 15.9 Å². The number of halogens is 4. The molecule has 0 atom stereocenters. The number of anilines is 1. The summed E-state index contributed by atoms with van der Waals surface area (Å²) in [4.78, 5) is -0.0133. The first-order valence-electron chi connectivity index (χ1n) is 5.22. The van der Waals surface area contributed by atoms with Crippen LogP contribution in [-0.4, -0.2) is 8.42 Å². The molecule has 0 aliphatic rings. The summed E-state index contributed by atoms with van der Waals surface area (Å²) in [5, 5.41) is 0. The Morgan fingerprint density at radius 3 is 1.95 bits per heavy atom. The number of nitrogens with one attached hydrogen (secondary N) is 1. The fourth-order valence-corrected chi connectivity index (χ4v) is 5.27. The van der Waals surface area contributed by atoms with E-state index in [0.29, 0.717) is 14.6 Å². The molecule has 1 N–H and O–H groups in total. The SMILES string of the molecule is O=S(=O)(Nc1c(Br)cc(Br)cc1Br)c1ccc(F)cc1. The van der Waals surface area contributed by atoms with Crippen LogP contribution in [0, 0.1) is 5.82 Å². The molecule has 2 aromatic carbocycles. The van der Waals surface area contributed by atoms with E-state index in [4.69, 9.17) is 0 Å². The number of hydrogen-bond acceptors (Lipinski definition) is 2. The molecule has 0 saturated carbocycles. The standard InChI is InChI=1S/C12H7Br3FNO2S/c13-7-5-10(14)12(11(15)6-7)17-20(18,19)9-3-1-8(16)2-4-9/h1-6,17H. The molecule has 0 fully saturated rings. The first-order chi connectivity index (χ1) is 9.29. The highest BCUT2D eigenvalue weighted by Gasteiger charge is 2.18. The van der Waals surface area contributed by atoms with Crippen LogP contribution >= 0.6 is 47.8 Å². The maximum atomic E-state index is 12.8. The number of rotatable bonds is 3. The molecule has 106 valence electrons. The molecule has 3 nitrogen and oxygen atoms in total. The molecule has 20 heavy (non-hydrogen) atoms. The van der Waals surface area contributed by atoms with Crippen molar-refractivity contribution in [1.82, 2.24) is 0 Å². The highest BCUT2D eigenvalue weighted by molar-refractivity contribution is 9.11. The molecule has 0 aromatic heterocycles. The largest absolute Gasteiger partial charge is 0.277 e. The molecular formula is C12H7Br3FNO2S. The van der Waals surface area contributed by atoms with Gasteiger partial charge < -0.3 is 0 Å². The summed E-state index contributed by atoms with van der Waals surface area (Å²) in [7, 11) is -3.78. The molecule has 0 heterocycles. The second-order valence-electron chi connectivity index (χ2n) is 3.80. The Hall–Kier alpha value is -0.440. The number of benzene rings is 2. The Balaban J connectivity index is 2.41. The molecule has 0 radical (unpaired) electrons. The van der Waals surface area contributed by atoms with Crippen LogP contribution in [0.1, 0.15) is 0 Å². The Morgan fingerprint density at radius 1 is 0.950 bits per heavy atom. The fourth-order valence-electron chi connectivity index (χ4n) is 1.45. The second kappa shape index (κ2) is 6.13. The molecular weight excluding hydrogens is 481 g/mol. The Morgan fingerprint density at radius 2 is 1.45 bits per heavy atom. The smallest absolute Gasteiger partial charge is 0.261 e. The zero-order valence-corrected chi connectivity index (χ0v) is 15.3. The van der Waals surface area contributed by atoms with Crippen molar-refractivity contribution in [3.8, 4) is 0 Å². The average molecular weight is 488 g/mol. The van der Waals surface area contributed by atoms with Crippen molar-refractivity contribution in [2.75, 3.05) is 4.72 Å². The Labute approximate surface area is 141 Å². The third-order valence-corrected chi connectivity index (χ3v) is 5.44. The lowest BCUT2D eigenvalue weighted by Crippen LogP contribution is -2.13. The van der Waals surface area contributed by atoms with Gasteiger partial charge in [0.05, 0.1) is 10.6 Å². The maximum Gasteiger partial charge on any atom is 0.261 e. The topological polar surface area (TPSA) is 46.2 Å². The fraction of sp³-hybridized carbons (Fsp3) is 0. The van der Waals surface area contributed by atoms with Gasteiger partial charge in [-0.2, -0.15) is 0 Å².